The van der Waals surface area contributed by atoms with Crippen LogP contribution in [0.5, 0.6) is 11.5 Å². The van der Waals surface area contributed by atoms with Crippen LogP contribution in [0.4, 0.5) is 0 Å². The number of nitrogens with one attached hydrogen (secondary N) is 1. The Bertz CT molecular complexity index is 494. The molecule has 0 saturated carbocycles. The van der Waals surface area contributed by atoms with Crippen molar-refractivity contribution in [1.29, 1.82) is 0 Å². The minimum absolute atomic E-state index is 0.497. The van der Waals surface area contributed by atoms with Crippen molar-refractivity contribution in [2.75, 3.05) is 41.4 Å². The second-order valence-corrected chi connectivity index (χ2v) is 5.61. The number of benzene rings is 1. The molecule has 1 aromatic rings. The molecule has 2 N–H and O–H groups in total. The number of carboxylic acids is 1. The highest BCUT2D eigenvalue weighted by atomic mass is 79.9. The summed E-state index contributed by atoms with van der Waals surface area (Å²) in [5, 5.41) is 12.5. The molecule has 0 saturated heterocycles. The summed E-state index contributed by atoms with van der Waals surface area (Å²) in [6.07, 6.45) is 0. The van der Waals surface area contributed by atoms with E-state index in [-0.39, 0.29) is 0 Å². The third-order valence-corrected chi connectivity index (χ3v) is 3.66. The van der Waals surface area contributed by atoms with Crippen molar-refractivity contribution in [3.8, 4) is 11.5 Å². The summed E-state index contributed by atoms with van der Waals surface area (Å²) in [5.41, 5.74) is 0.596. The van der Waals surface area contributed by atoms with Gasteiger partial charge in [0.25, 0.3) is 0 Å². The third kappa shape index (κ3) is 4.87. The van der Waals surface area contributed by atoms with Crippen molar-refractivity contribution < 1.29 is 19.4 Å². The maximum Gasteiger partial charge on any atom is 0.325 e. The summed E-state index contributed by atoms with van der Waals surface area (Å²) in [4.78, 5) is 13.5. The predicted molar refractivity (Wildman–Crippen MR) is 84.2 cm³/mol. The van der Waals surface area contributed by atoms with Crippen LogP contribution in [0.1, 0.15) is 11.6 Å². The second kappa shape index (κ2) is 8.21. The van der Waals surface area contributed by atoms with Gasteiger partial charge < -0.3 is 19.5 Å². The number of carboxylic acid groups (broad SMARTS) is 1. The molecule has 0 heterocycles. The first-order chi connectivity index (χ1) is 9.90. The van der Waals surface area contributed by atoms with Gasteiger partial charge in [0.15, 0.2) is 11.5 Å². The van der Waals surface area contributed by atoms with Gasteiger partial charge in [0.05, 0.1) is 14.2 Å². The van der Waals surface area contributed by atoms with Gasteiger partial charge in [-0.1, -0.05) is 15.9 Å². The number of carbonyl (C=O) groups is 1. The maximum absolute atomic E-state index is 11.5. The number of methoxy groups -OCH3 is 2. The van der Waals surface area contributed by atoms with E-state index in [0.29, 0.717) is 28.1 Å². The van der Waals surface area contributed by atoms with E-state index in [4.69, 9.17) is 9.47 Å². The van der Waals surface area contributed by atoms with E-state index in [1.54, 1.807) is 12.1 Å². The molecule has 0 aliphatic rings. The van der Waals surface area contributed by atoms with Gasteiger partial charge in [-0.05, 0) is 31.8 Å². The molecule has 7 heteroatoms. The topological polar surface area (TPSA) is 71.0 Å². The molecule has 0 radical (unpaired) electrons. The van der Waals surface area contributed by atoms with Crippen LogP contribution in [0.15, 0.2) is 16.6 Å². The summed E-state index contributed by atoms with van der Waals surface area (Å²) in [7, 11) is 6.92. The number of hydrogen-bond acceptors (Lipinski definition) is 5. The van der Waals surface area contributed by atoms with Crippen molar-refractivity contribution in [2.45, 2.75) is 6.04 Å². The van der Waals surface area contributed by atoms with E-state index in [1.165, 1.54) is 14.2 Å². The zero-order valence-corrected chi connectivity index (χ0v) is 14.2. The third-order valence-electron chi connectivity index (χ3n) is 2.97. The smallest absolute Gasteiger partial charge is 0.325 e. The fraction of sp³-hybridized carbons (Fsp3) is 0.500. The number of nitrogens with zero attached hydrogens (tertiary/aromatic N) is 1. The Balaban J connectivity index is 3.04. The molecule has 0 amide bonds. The average molecular weight is 361 g/mol. The number of aliphatic carboxylic acids is 1. The highest BCUT2D eigenvalue weighted by Crippen LogP contribution is 2.36. The molecule has 0 aromatic heterocycles. The minimum atomic E-state index is -0.943. The first-order valence-electron chi connectivity index (χ1n) is 6.43. The van der Waals surface area contributed by atoms with E-state index >= 15 is 0 Å². The van der Waals surface area contributed by atoms with E-state index in [9.17, 15) is 9.90 Å². The van der Waals surface area contributed by atoms with E-state index in [1.807, 2.05) is 19.0 Å². The number of halogens is 1. The van der Waals surface area contributed by atoms with Gasteiger partial charge in [0.1, 0.15) is 6.04 Å². The molecule has 0 aliphatic heterocycles. The molecule has 0 aliphatic carbocycles. The SMILES string of the molecule is COc1cc(Br)c(C(NCCN(C)C)C(=O)O)cc1OC. The first-order valence-corrected chi connectivity index (χ1v) is 7.22. The lowest BCUT2D eigenvalue weighted by Crippen LogP contribution is -2.34. The molecule has 6 nitrogen and oxygen atoms in total. The zero-order chi connectivity index (χ0) is 16.0. The summed E-state index contributed by atoms with van der Waals surface area (Å²) in [6.45, 7) is 1.30. The number of ether oxygens (including phenoxy) is 2. The lowest BCUT2D eigenvalue weighted by molar-refractivity contribution is -0.139. The summed E-state index contributed by atoms with van der Waals surface area (Å²) in [6, 6.07) is 2.56. The molecule has 1 aromatic carbocycles. The van der Waals surface area contributed by atoms with Crippen LogP contribution < -0.4 is 14.8 Å². The first kappa shape index (κ1) is 17.7. The van der Waals surface area contributed by atoms with Gasteiger partial charge in [-0.2, -0.15) is 0 Å². The summed E-state index contributed by atoms with van der Waals surface area (Å²) < 4.78 is 11.1. The Morgan fingerprint density at radius 2 is 1.90 bits per heavy atom. The largest absolute Gasteiger partial charge is 0.493 e. The van der Waals surface area contributed by atoms with Crippen LogP contribution in [0, 0.1) is 0 Å². The maximum atomic E-state index is 11.5. The molecule has 0 fully saturated rings. The number of rotatable bonds is 8. The lowest BCUT2D eigenvalue weighted by atomic mass is 10.1. The van der Waals surface area contributed by atoms with Crippen LogP contribution in [-0.4, -0.2) is 57.4 Å². The highest BCUT2D eigenvalue weighted by molar-refractivity contribution is 9.10. The van der Waals surface area contributed by atoms with Crippen molar-refractivity contribution in [3.63, 3.8) is 0 Å². The quantitative estimate of drug-likeness (QED) is 0.735. The van der Waals surface area contributed by atoms with Gasteiger partial charge in [-0.15, -0.1) is 0 Å². The number of likely N-dealkylation sites (N-methyl/N-ethyl adjacent to an activating group) is 1. The van der Waals surface area contributed by atoms with Gasteiger partial charge >= 0.3 is 5.97 Å². The Morgan fingerprint density at radius 1 is 1.33 bits per heavy atom. The Morgan fingerprint density at radius 3 is 2.38 bits per heavy atom. The van der Waals surface area contributed by atoms with Crippen LogP contribution in [0.3, 0.4) is 0 Å². The lowest BCUT2D eigenvalue weighted by Gasteiger charge is -2.19. The zero-order valence-electron chi connectivity index (χ0n) is 12.6. The molecule has 21 heavy (non-hydrogen) atoms. The van der Waals surface area contributed by atoms with Crippen molar-refractivity contribution in [3.05, 3.63) is 22.2 Å². The molecular weight excluding hydrogens is 340 g/mol. The van der Waals surface area contributed by atoms with Gasteiger partial charge in [0, 0.05) is 17.6 Å². The monoisotopic (exact) mass is 360 g/mol. The minimum Gasteiger partial charge on any atom is -0.493 e. The van der Waals surface area contributed by atoms with E-state index in [0.717, 1.165) is 6.54 Å². The summed E-state index contributed by atoms with van der Waals surface area (Å²) >= 11 is 3.39. The second-order valence-electron chi connectivity index (χ2n) is 4.76. The average Bonchev–Trinajstić information content (AvgIpc) is 2.43. The standard InChI is InChI=1S/C14H21BrN2O4/c1-17(2)6-5-16-13(14(18)19)9-7-11(20-3)12(21-4)8-10(9)15/h7-8,13,16H,5-6H2,1-4H3,(H,18,19). The van der Waals surface area contributed by atoms with Crippen molar-refractivity contribution in [1.82, 2.24) is 10.2 Å². The molecule has 1 atom stereocenters. The van der Waals surface area contributed by atoms with Crippen LogP contribution >= 0.6 is 15.9 Å². The molecule has 1 unspecified atom stereocenters. The van der Waals surface area contributed by atoms with Crippen LogP contribution in [0.25, 0.3) is 0 Å². The highest BCUT2D eigenvalue weighted by Gasteiger charge is 2.23. The molecule has 0 bridgehead atoms. The van der Waals surface area contributed by atoms with E-state index < -0.39 is 12.0 Å². The Labute approximate surface area is 133 Å². The fourth-order valence-electron chi connectivity index (χ4n) is 1.85. The predicted octanol–water partition coefficient (Wildman–Crippen LogP) is 1.74. The van der Waals surface area contributed by atoms with E-state index in [2.05, 4.69) is 21.2 Å². The fourth-order valence-corrected chi connectivity index (χ4v) is 2.41. The normalized spacial score (nSPS) is 12.3. The summed E-state index contributed by atoms with van der Waals surface area (Å²) in [5.74, 6) is 0.101. The van der Waals surface area contributed by atoms with Crippen LogP contribution in [0.2, 0.25) is 0 Å². The molecule has 118 valence electrons. The van der Waals surface area contributed by atoms with Gasteiger partial charge in [-0.3, -0.25) is 10.1 Å². The van der Waals surface area contributed by atoms with Gasteiger partial charge in [0.2, 0.25) is 0 Å². The van der Waals surface area contributed by atoms with Crippen molar-refractivity contribution >= 4 is 21.9 Å². The Kier molecular flexibility index (Phi) is 6.94. The van der Waals surface area contributed by atoms with Crippen LogP contribution in [-0.2, 0) is 4.79 Å². The molecule has 1 rings (SSSR count). The Hall–Kier alpha value is -1.31. The van der Waals surface area contributed by atoms with Crippen molar-refractivity contribution in [2.24, 2.45) is 0 Å². The molecule has 0 spiro atoms. The molecular formula is C14H21BrN2O4. The number of hydrogen-bond donors (Lipinski definition) is 2. The van der Waals surface area contributed by atoms with Gasteiger partial charge in [-0.25, -0.2) is 0 Å².